The van der Waals surface area contributed by atoms with Crippen LogP contribution in [0.4, 0.5) is 0 Å². The molecule has 26 heavy (non-hydrogen) atoms. The molecule has 3 aromatic carbocycles. The van der Waals surface area contributed by atoms with Gasteiger partial charge in [-0.3, -0.25) is 0 Å². The van der Waals surface area contributed by atoms with Crippen molar-refractivity contribution < 1.29 is 0 Å². The largest absolute Gasteiger partial charge is 0.179 e. The summed E-state index contributed by atoms with van der Waals surface area (Å²) in [5.41, 5.74) is 1.36. The summed E-state index contributed by atoms with van der Waals surface area (Å²) in [7, 11) is -1.68. The van der Waals surface area contributed by atoms with Crippen LogP contribution in [-0.2, 0) is 6.42 Å². The highest BCUT2D eigenvalue weighted by atomic mass is 32.1. The van der Waals surface area contributed by atoms with E-state index >= 15 is 0 Å². The summed E-state index contributed by atoms with van der Waals surface area (Å²) in [5, 5.41) is 4.37. The van der Waals surface area contributed by atoms with E-state index in [-0.39, 0.29) is 0 Å². The molecule has 0 atom stereocenters. The summed E-state index contributed by atoms with van der Waals surface area (Å²) in [4.78, 5) is 0. The van der Waals surface area contributed by atoms with E-state index in [1.807, 2.05) is 0 Å². The molecular weight excluding hydrogens is 371 g/mol. The van der Waals surface area contributed by atoms with E-state index < -0.39 is 7.26 Å². The van der Waals surface area contributed by atoms with Crippen molar-refractivity contribution in [3.05, 3.63) is 90.5 Å². The summed E-state index contributed by atoms with van der Waals surface area (Å²) >= 11 is 8.90. The maximum absolute atomic E-state index is 4.52. The molecule has 0 saturated heterocycles. The normalized spacial score (nSPS) is 11.5. The predicted octanol–water partition coefficient (Wildman–Crippen LogP) is 4.77. The average Bonchev–Trinajstić information content (AvgIpc) is 2.71. The van der Waals surface area contributed by atoms with Crippen molar-refractivity contribution >= 4 is 48.4 Å². The third-order valence-corrected chi connectivity index (χ3v) is 9.89. The second-order valence-corrected chi connectivity index (χ2v) is 10.9. The summed E-state index contributed by atoms with van der Waals surface area (Å²) in [6.07, 6.45) is 3.28. The highest BCUT2D eigenvalue weighted by Gasteiger charge is 2.44. The fourth-order valence-corrected chi connectivity index (χ4v) is 8.54. The van der Waals surface area contributed by atoms with Gasteiger partial charge in [-0.15, -0.1) is 0 Å². The highest BCUT2D eigenvalue weighted by molar-refractivity contribution is 7.95. The maximum atomic E-state index is 4.52. The number of hydrogen-bond acceptors (Lipinski definition) is 2. The number of rotatable bonds is 8. The van der Waals surface area contributed by atoms with Crippen LogP contribution in [0.1, 0.15) is 12.0 Å². The first-order valence-electron chi connectivity index (χ1n) is 9.12. The first-order chi connectivity index (χ1) is 12.8. The van der Waals surface area contributed by atoms with Crippen molar-refractivity contribution in [2.75, 3.05) is 17.7 Å². The standard InChI is InChI=1S/C23H25PS2/c25-18-7-17-24(21-8-3-1-4-9-21,22-10-5-2-6-11-22)23-14-12-20(13-15-23)16-19-26/h1-6,8-15H,7,16-19H2,(H-,25,26)/p+1. The molecule has 3 heteroatoms. The Balaban J connectivity index is 2.19. The zero-order chi connectivity index (χ0) is 18.2. The molecule has 0 amide bonds. The third-order valence-electron chi connectivity index (χ3n) is 4.82. The first kappa shape index (κ1) is 19.5. The second kappa shape index (κ2) is 9.65. The first-order valence-corrected chi connectivity index (χ1v) is 12.4. The monoisotopic (exact) mass is 397 g/mol. The van der Waals surface area contributed by atoms with Gasteiger partial charge in [0.15, 0.2) is 0 Å². The molecule has 0 radical (unpaired) electrons. The van der Waals surface area contributed by atoms with Crippen LogP contribution in [0.2, 0.25) is 0 Å². The van der Waals surface area contributed by atoms with Gasteiger partial charge in [-0.25, -0.2) is 0 Å². The lowest BCUT2D eigenvalue weighted by atomic mass is 10.2. The van der Waals surface area contributed by atoms with Crippen molar-refractivity contribution in [1.82, 2.24) is 0 Å². The summed E-state index contributed by atoms with van der Waals surface area (Å²) in [6, 6.07) is 31.4. The van der Waals surface area contributed by atoms with E-state index in [1.54, 1.807) is 0 Å². The van der Waals surface area contributed by atoms with Gasteiger partial charge in [0.2, 0.25) is 0 Å². The topological polar surface area (TPSA) is 0 Å². The maximum Gasteiger partial charge on any atom is 0.112 e. The molecule has 0 aromatic heterocycles. The van der Waals surface area contributed by atoms with Crippen LogP contribution < -0.4 is 15.9 Å². The molecule has 0 fully saturated rings. The average molecular weight is 398 g/mol. The van der Waals surface area contributed by atoms with Gasteiger partial charge in [0, 0.05) is 0 Å². The molecule has 0 nitrogen and oxygen atoms in total. The highest BCUT2D eigenvalue weighted by Crippen LogP contribution is 2.55. The van der Waals surface area contributed by atoms with Gasteiger partial charge < -0.3 is 0 Å². The van der Waals surface area contributed by atoms with Crippen molar-refractivity contribution in [3.8, 4) is 0 Å². The molecule has 0 aliphatic heterocycles. The SMILES string of the molecule is SCCC[P+](c1ccccc1)(c1ccccc1)c1ccc(CCS)cc1. The van der Waals surface area contributed by atoms with Crippen molar-refractivity contribution in [1.29, 1.82) is 0 Å². The van der Waals surface area contributed by atoms with E-state index in [2.05, 4.69) is 110 Å². The molecule has 0 heterocycles. The predicted molar refractivity (Wildman–Crippen MR) is 126 cm³/mol. The number of benzene rings is 3. The van der Waals surface area contributed by atoms with Gasteiger partial charge in [-0.05, 0) is 66.3 Å². The van der Waals surface area contributed by atoms with Crippen molar-refractivity contribution in [2.45, 2.75) is 12.8 Å². The fraction of sp³-hybridized carbons (Fsp3) is 0.217. The quantitative estimate of drug-likeness (QED) is 0.397. The van der Waals surface area contributed by atoms with E-state index in [1.165, 1.54) is 21.5 Å². The molecule has 3 aromatic rings. The molecule has 0 unspecified atom stereocenters. The minimum atomic E-state index is -1.68. The third kappa shape index (κ3) is 4.19. The van der Waals surface area contributed by atoms with Gasteiger partial charge in [-0.1, -0.05) is 48.5 Å². The van der Waals surface area contributed by atoms with Crippen molar-refractivity contribution in [2.24, 2.45) is 0 Å². The summed E-state index contributed by atoms with van der Waals surface area (Å²) in [6.45, 7) is 0. The molecule has 0 saturated carbocycles. The Hall–Kier alpha value is -1.21. The number of hydrogen-bond donors (Lipinski definition) is 2. The Morgan fingerprint density at radius 1 is 0.577 bits per heavy atom. The van der Waals surface area contributed by atoms with Crippen LogP contribution in [0.15, 0.2) is 84.9 Å². The molecule has 134 valence electrons. The second-order valence-electron chi connectivity index (χ2n) is 6.42. The molecular formula is C23H26PS2+. The Morgan fingerprint density at radius 2 is 1.08 bits per heavy atom. The zero-order valence-electron chi connectivity index (χ0n) is 15.0. The van der Waals surface area contributed by atoms with E-state index in [9.17, 15) is 0 Å². The van der Waals surface area contributed by atoms with Gasteiger partial charge in [0.05, 0.1) is 6.16 Å². The van der Waals surface area contributed by atoms with Crippen LogP contribution in [0.5, 0.6) is 0 Å². The smallest absolute Gasteiger partial charge is 0.112 e. The fourth-order valence-electron chi connectivity index (χ4n) is 3.55. The van der Waals surface area contributed by atoms with Crippen LogP contribution in [0.3, 0.4) is 0 Å². The Labute approximate surface area is 169 Å². The van der Waals surface area contributed by atoms with Crippen LogP contribution >= 0.6 is 32.5 Å². The Kier molecular flexibility index (Phi) is 7.25. The van der Waals surface area contributed by atoms with E-state index in [0.717, 1.165) is 30.5 Å². The minimum absolute atomic E-state index is 0.886. The van der Waals surface area contributed by atoms with E-state index in [0.29, 0.717) is 0 Å². The summed E-state index contributed by atoms with van der Waals surface area (Å²) < 4.78 is 0. The lowest BCUT2D eigenvalue weighted by Crippen LogP contribution is -2.33. The molecule has 0 aliphatic carbocycles. The molecule has 0 spiro atoms. The Morgan fingerprint density at radius 3 is 1.54 bits per heavy atom. The molecule has 0 N–H and O–H groups in total. The van der Waals surface area contributed by atoms with Gasteiger partial charge in [-0.2, -0.15) is 25.3 Å². The van der Waals surface area contributed by atoms with Gasteiger partial charge >= 0.3 is 0 Å². The zero-order valence-corrected chi connectivity index (χ0v) is 17.6. The minimum Gasteiger partial charge on any atom is -0.179 e. The molecule has 0 aliphatic rings. The van der Waals surface area contributed by atoms with Crippen molar-refractivity contribution in [3.63, 3.8) is 0 Å². The number of thiol groups is 2. The van der Waals surface area contributed by atoms with E-state index in [4.69, 9.17) is 0 Å². The Bertz CT molecular complexity index is 746. The van der Waals surface area contributed by atoms with Gasteiger partial charge in [0.25, 0.3) is 0 Å². The lowest BCUT2D eigenvalue weighted by molar-refractivity contribution is 1.12. The number of aryl methyl sites for hydroxylation is 1. The van der Waals surface area contributed by atoms with Crippen LogP contribution in [0, 0.1) is 0 Å². The summed E-state index contributed by atoms with van der Waals surface area (Å²) in [5.74, 6) is 1.80. The van der Waals surface area contributed by atoms with Crippen LogP contribution in [-0.4, -0.2) is 17.7 Å². The molecule has 0 bridgehead atoms. The molecule has 3 rings (SSSR count). The van der Waals surface area contributed by atoms with Gasteiger partial charge in [0.1, 0.15) is 23.2 Å². The van der Waals surface area contributed by atoms with Crippen LogP contribution in [0.25, 0.3) is 0 Å². The lowest BCUT2D eigenvalue weighted by Gasteiger charge is -2.27.